The number of aromatic nitrogens is 4. The van der Waals surface area contributed by atoms with Gasteiger partial charge in [0.2, 0.25) is 23.6 Å². The molecule has 2 atom stereocenters. The Hall–Kier alpha value is -6.14. The van der Waals surface area contributed by atoms with Crippen molar-refractivity contribution in [2.75, 3.05) is 0 Å². The maximum Gasteiger partial charge on any atom is 0.248 e. The third-order valence-corrected chi connectivity index (χ3v) is 12.4. The summed E-state index contributed by atoms with van der Waals surface area (Å²) in [7, 11) is 0. The molecule has 2 heterocycles. The number of nitrogens with zero attached hydrogens (tertiary/aromatic N) is 4. The Morgan fingerprint density at radius 1 is 0.500 bits per heavy atom. The molecule has 0 radical (unpaired) electrons. The first-order valence-corrected chi connectivity index (χ1v) is 19.5. The van der Waals surface area contributed by atoms with E-state index in [-0.39, 0.29) is 16.2 Å². The van der Waals surface area contributed by atoms with Crippen molar-refractivity contribution in [2.45, 2.75) is 71.1 Å². The third-order valence-electron chi connectivity index (χ3n) is 12.4. The van der Waals surface area contributed by atoms with Gasteiger partial charge in [-0.3, -0.25) is 0 Å². The zero-order chi connectivity index (χ0) is 38.6. The monoisotopic (exact) mass is 732 g/mol. The lowest BCUT2D eigenvalue weighted by molar-refractivity contribution is 0.327. The van der Waals surface area contributed by atoms with Crippen LogP contribution in [0.15, 0.2) is 136 Å². The SMILES string of the molecule is CC(C)(C)c1ccc(-c2nnc(-c3ccc4c(c3)[C@@]3(c5ccccc5-c5ccc(-c6nnc(-c7ccc(C(C)(C)C)cc7)o6)cc53)C3(C)CC=CC=C43)o2)cc1. The van der Waals surface area contributed by atoms with E-state index in [1.807, 2.05) is 0 Å². The lowest BCUT2D eigenvalue weighted by atomic mass is 9.56. The summed E-state index contributed by atoms with van der Waals surface area (Å²) in [4.78, 5) is 0. The molecule has 0 saturated carbocycles. The van der Waals surface area contributed by atoms with Gasteiger partial charge in [0, 0.05) is 27.7 Å². The highest BCUT2D eigenvalue weighted by atomic mass is 16.4. The normalized spacial score (nSPS) is 19.4. The van der Waals surface area contributed by atoms with Gasteiger partial charge in [0.05, 0.1) is 5.41 Å². The summed E-state index contributed by atoms with van der Waals surface area (Å²) in [5.41, 5.74) is 14.2. The molecular formula is C50H44N4O2. The van der Waals surface area contributed by atoms with Crippen LogP contribution in [0.5, 0.6) is 0 Å². The average molecular weight is 733 g/mol. The van der Waals surface area contributed by atoms with Crippen LogP contribution in [-0.4, -0.2) is 20.4 Å². The molecule has 1 spiro atoms. The Bertz CT molecular complexity index is 2750. The van der Waals surface area contributed by atoms with E-state index in [9.17, 15) is 0 Å². The predicted octanol–water partition coefficient (Wildman–Crippen LogP) is 12.4. The number of rotatable bonds is 4. The molecule has 10 rings (SSSR count). The molecule has 0 bridgehead atoms. The van der Waals surface area contributed by atoms with Crippen LogP contribution in [0.1, 0.15) is 88.3 Å². The van der Waals surface area contributed by atoms with Crippen LogP contribution < -0.4 is 0 Å². The number of fused-ring (bicyclic) bond motifs is 10. The van der Waals surface area contributed by atoms with Crippen molar-refractivity contribution in [2.24, 2.45) is 5.41 Å². The molecule has 6 heteroatoms. The summed E-state index contributed by atoms with van der Waals surface area (Å²) in [5.74, 6) is 2.01. The van der Waals surface area contributed by atoms with Crippen LogP contribution in [0.25, 0.3) is 62.5 Å². The van der Waals surface area contributed by atoms with Crippen molar-refractivity contribution in [3.05, 3.63) is 161 Å². The minimum absolute atomic E-state index is 0.0587. The van der Waals surface area contributed by atoms with E-state index < -0.39 is 5.41 Å². The van der Waals surface area contributed by atoms with Gasteiger partial charge in [-0.2, -0.15) is 0 Å². The largest absolute Gasteiger partial charge is 0.416 e. The van der Waals surface area contributed by atoms with E-state index in [4.69, 9.17) is 8.83 Å². The fourth-order valence-electron chi connectivity index (χ4n) is 9.46. The highest BCUT2D eigenvalue weighted by molar-refractivity contribution is 5.95. The maximum absolute atomic E-state index is 6.44. The van der Waals surface area contributed by atoms with Crippen molar-refractivity contribution >= 4 is 5.57 Å². The van der Waals surface area contributed by atoms with Gasteiger partial charge in [0.15, 0.2) is 0 Å². The lowest BCUT2D eigenvalue weighted by Crippen LogP contribution is -2.41. The van der Waals surface area contributed by atoms with Crippen molar-refractivity contribution < 1.29 is 8.83 Å². The second-order valence-electron chi connectivity index (χ2n) is 17.8. The van der Waals surface area contributed by atoms with Crippen molar-refractivity contribution in [3.8, 4) is 56.9 Å². The highest BCUT2D eigenvalue weighted by Crippen LogP contribution is 2.71. The molecule has 3 aliphatic carbocycles. The van der Waals surface area contributed by atoms with Crippen LogP contribution in [0.2, 0.25) is 0 Å². The average Bonchev–Trinajstić information content (AvgIpc) is 3.98. The molecule has 2 aromatic heterocycles. The summed E-state index contributed by atoms with van der Waals surface area (Å²) < 4.78 is 12.9. The molecule has 0 N–H and O–H groups in total. The second kappa shape index (κ2) is 11.9. The first-order chi connectivity index (χ1) is 26.9. The van der Waals surface area contributed by atoms with Crippen molar-refractivity contribution in [3.63, 3.8) is 0 Å². The van der Waals surface area contributed by atoms with Gasteiger partial charge in [-0.15, -0.1) is 20.4 Å². The van der Waals surface area contributed by atoms with Crippen LogP contribution in [0.4, 0.5) is 0 Å². The highest BCUT2D eigenvalue weighted by Gasteiger charge is 2.62. The maximum atomic E-state index is 6.44. The number of benzene rings is 5. The van der Waals surface area contributed by atoms with Gasteiger partial charge in [-0.05, 0) is 116 Å². The quantitative estimate of drug-likeness (QED) is 0.179. The molecule has 56 heavy (non-hydrogen) atoms. The zero-order valence-corrected chi connectivity index (χ0v) is 32.9. The molecule has 5 aromatic carbocycles. The second-order valence-corrected chi connectivity index (χ2v) is 17.8. The molecule has 0 amide bonds. The molecule has 0 aliphatic heterocycles. The van der Waals surface area contributed by atoms with Crippen LogP contribution in [-0.2, 0) is 16.2 Å². The number of hydrogen-bond acceptors (Lipinski definition) is 6. The molecule has 276 valence electrons. The molecule has 0 fully saturated rings. The first-order valence-electron chi connectivity index (χ1n) is 19.5. The van der Waals surface area contributed by atoms with Gasteiger partial charge in [0.25, 0.3) is 0 Å². The molecule has 1 unspecified atom stereocenters. The molecule has 3 aliphatic rings. The van der Waals surface area contributed by atoms with Gasteiger partial charge < -0.3 is 8.83 Å². The molecule has 0 saturated heterocycles. The Morgan fingerprint density at radius 3 is 1.48 bits per heavy atom. The minimum Gasteiger partial charge on any atom is -0.416 e. The van der Waals surface area contributed by atoms with E-state index >= 15 is 0 Å². The zero-order valence-electron chi connectivity index (χ0n) is 32.9. The predicted molar refractivity (Wildman–Crippen MR) is 223 cm³/mol. The Labute approximate surface area is 328 Å². The molecular weight excluding hydrogens is 689 g/mol. The summed E-state index contributed by atoms with van der Waals surface area (Å²) in [5, 5.41) is 18.2. The fraction of sp³-hybridized carbons (Fsp3) is 0.240. The fourth-order valence-corrected chi connectivity index (χ4v) is 9.46. The third kappa shape index (κ3) is 4.94. The van der Waals surface area contributed by atoms with Crippen molar-refractivity contribution in [1.29, 1.82) is 0 Å². The summed E-state index contributed by atoms with van der Waals surface area (Å²) in [6, 6.07) is 39.1. The Morgan fingerprint density at radius 2 is 0.946 bits per heavy atom. The summed E-state index contributed by atoms with van der Waals surface area (Å²) >= 11 is 0. The van der Waals surface area contributed by atoms with E-state index in [0.29, 0.717) is 23.6 Å². The minimum atomic E-state index is -0.520. The number of hydrogen-bond donors (Lipinski definition) is 0. The summed E-state index contributed by atoms with van der Waals surface area (Å²) in [6.07, 6.45) is 7.70. The van der Waals surface area contributed by atoms with E-state index in [1.54, 1.807) is 0 Å². The topological polar surface area (TPSA) is 77.8 Å². The molecule has 7 aromatic rings. The Kier molecular flexibility index (Phi) is 7.32. The van der Waals surface area contributed by atoms with E-state index in [0.717, 1.165) is 28.7 Å². The first kappa shape index (κ1) is 34.4. The van der Waals surface area contributed by atoms with E-state index in [2.05, 4.69) is 196 Å². The van der Waals surface area contributed by atoms with E-state index in [1.165, 1.54) is 50.1 Å². The van der Waals surface area contributed by atoms with Crippen LogP contribution in [0.3, 0.4) is 0 Å². The van der Waals surface area contributed by atoms with Gasteiger partial charge in [0.1, 0.15) is 0 Å². The molecule has 6 nitrogen and oxygen atoms in total. The number of allylic oxidation sites excluding steroid dienone is 4. The smallest absolute Gasteiger partial charge is 0.248 e. The van der Waals surface area contributed by atoms with Crippen LogP contribution in [0, 0.1) is 5.41 Å². The van der Waals surface area contributed by atoms with Crippen LogP contribution >= 0.6 is 0 Å². The van der Waals surface area contributed by atoms with Gasteiger partial charge in [-0.1, -0.05) is 127 Å². The van der Waals surface area contributed by atoms with Gasteiger partial charge in [-0.25, -0.2) is 0 Å². The standard InChI is InChI=1S/C50H44N4O2/c1-47(2,3)34-21-15-30(16-22-34)43-51-53-45(55-43)32-19-25-37-36-12-8-9-14-40(36)50(41(37)28-32)42-29-33(20-26-38(42)39-13-10-11-27-49(39,50)7)46-54-52-44(56-46)31-17-23-35(24-18-31)48(4,5)6/h8-26,28-29H,27H2,1-7H3/t49?,50-/m0/s1. The summed E-state index contributed by atoms with van der Waals surface area (Å²) in [6.45, 7) is 15.7. The van der Waals surface area contributed by atoms with Gasteiger partial charge >= 0.3 is 0 Å². The lowest BCUT2D eigenvalue weighted by Gasteiger charge is -2.45. The Balaban J connectivity index is 1.11. The van der Waals surface area contributed by atoms with Crippen molar-refractivity contribution in [1.82, 2.24) is 20.4 Å².